The van der Waals surface area contributed by atoms with Crippen molar-refractivity contribution in [1.29, 1.82) is 0 Å². The van der Waals surface area contributed by atoms with Crippen LogP contribution in [0.4, 0.5) is 0 Å². The Balaban J connectivity index is 2.33. The Morgan fingerprint density at radius 1 is 1.40 bits per heavy atom. The van der Waals surface area contributed by atoms with Crippen LogP contribution in [-0.4, -0.2) is 31.9 Å². The number of nitrogens with zero attached hydrogens (tertiary/aromatic N) is 1. The molecule has 7 heteroatoms. The lowest BCUT2D eigenvalue weighted by molar-refractivity contribution is 0.243. The van der Waals surface area contributed by atoms with E-state index >= 15 is 0 Å². The molecule has 0 saturated carbocycles. The highest BCUT2D eigenvalue weighted by Crippen LogP contribution is 2.32. The molecule has 0 amide bonds. The molecule has 0 unspecified atom stereocenters. The summed E-state index contributed by atoms with van der Waals surface area (Å²) in [5.41, 5.74) is 5.90. The molecule has 2 rings (SSSR count). The third kappa shape index (κ3) is 3.12. The molecule has 0 radical (unpaired) electrons. The second kappa shape index (κ2) is 6.20. The predicted molar refractivity (Wildman–Crippen MR) is 81.6 cm³/mol. The topological polar surface area (TPSA) is 63.4 Å². The molecule has 1 saturated heterocycles. The zero-order valence-corrected chi connectivity index (χ0v) is 13.5. The molecule has 0 aromatic heterocycles. The van der Waals surface area contributed by atoms with Crippen LogP contribution in [0.3, 0.4) is 0 Å². The Morgan fingerprint density at radius 3 is 2.75 bits per heavy atom. The maximum atomic E-state index is 12.7. The molecule has 0 spiro atoms. The van der Waals surface area contributed by atoms with Gasteiger partial charge in [0.25, 0.3) is 0 Å². The lowest BCUT2D eigenvalue weighted by Gasteiger charge is -2.33. The van der Waals surface area contributed by atoms with Crippen LogP contribution in [0.25, 0.3) is 0 Å². The molecule has 1 heterocycles. The minimum atomic E-state index is -3.62. The molecular formula is C13H18Cl2N2O2S. The van der Waals surface area contributed by atoms with E-state index in [1.165, 1.54) is 10.4 Å². The highest BCUT2D eigenvalue weighted by Gasteiger charge is 2.33. The number of sulfonamides is 1. The molecule has 0 bridgehead atoms. The van der Waals surface area contributed by atoms with Crippen molar-refractivity contribution in [2.24, 2.45) is 11.7 Å². The molecule has 1 aromatic carbocycles. The van der Waals surface area contributed by atoms with E-state index in [1.807, 2.05) is 6.92 Å². The van der Waals surface area contributed by atoms with Gasteiger partial charge in [-0.3, -0.25) is 0 Å². The van der Waals surface area contributed by atoms with Gasteiger partial charge in [0.05, 0.1) is 10.0 Å². The molecule has 2 N–H and O–H groups in total. The van der Waals surface area contributed by atoms with E-state index < -0.39 is 10.0 Å². The summed E-state index contributed by atoms with van der Waals surface area (Å²) in [4.78, 5) is 0.0667. The van der Waals surface area contributed by atoms with E-state index in [0.29, 0.717) is 13.1 Å². The fraction of sp³-hybridized carbons (Fsp3) is 0.538. The van der Waals surface area contributed by atoms with Crippen molar-refractivity contribution in [2.75, 3.05) is 13.1 Å². The second-order valence-electron chi connectivity index (χ2n) is 5.18. The summed E-state index contributed by atoms with van der Waals surface area (Å²) in [6, 6.07) is 4.62. The Morgan fingerprint density at radius 2 is 2.10 bits per heavy atom. The van der Waals surface area contributed by atoms with Crippen molar-refractivity contribution in [3.63, 3.8) is 0 Å². The Kier molecular flexibility index (Phi) is 4.97. The van der Waals surface area contributed by atoms with E-state index in [9.17, 15) is 8.42 Å². The van der Waals surface area contributed by atoms with E-state index in [2.05, 4.69) is 0 Å². The minimum Gasteiger partial charge on any atom is -0.328 e. The van der Waals surface area contributed by atoms with Crippen molar-refractivity contribution in [3.8, 4) is 0 Å². The molecule has 20 heavy (non-hydrogen) atoms. The highest BCUT2D eigenvalue weighted by molar-refractivity contribution is 7.89. The second-order valence-corrected chi connectivity index (χ2v) is 7.87. The van der Waals surface area contributed by atoms with E-state index in [1.54, 1.807) is 12.1 Å². The Bertz CT molecular complexity index is 590. The number of benzene rings is 1. The van der Waals surface area contributed by atoms with Gasteiger partial charge in [-0.2, -0.15) is 4.31 Å². The maximum Gasteiger partial charge on any atom is 0.244 e. The van der Waals surface area contributed by atoms with Crippen molar-refractivity contribution >= 4 is 33.2 Å². The van der Waals surface area contributed by atoms with Crippen LogP contribution >= 0.6 is 23.2 Å². The summed E-state index contributed by atoms with van der Waals surface area (Å²) in [6.45, 7) is 2.84. The minimum absolute atomic E-state index is 0.0252. The largest absolute Gasteiger partial charge is 0.328 e. The van der Waals surface area contributed by atoms with Gasteiger partial charge in [-0.15, -0.1) is 0 Å². The lowest BCUT2D eigenvalue weighted by atomic mass is 9.93. The molecule has 1 aromatic rings. The first kappa shape index (κ1) is 16.0. The third-order valence-electron chi connectivity index (χ3n) is 3.70. The molecule has 1 aliphatic heterocycles. The smallest absolute Gasteiger partial charge is 0.244 e. The molecule has 1 aliphatic rings. The van der Waals surface area contributed by atoms with Crippen LogP contribution in [0.1, 0.15) is 19.8 Å². The van der Waals surface area contributed by atoms with Gasteiger partial charge >= 0.3 is 0 Å². The van der Waals surface area contributed by atoms with Gasteiger partial charge in [-0.05, 0) is 37.8 Å². The summed E-state index contributed by atoms with van der Waals surface area (Å²) in [6.07, 6.45) is 1.76. The Hall–Kier alpha value is -0.330. The van der Waals surface area contributed by atoms with Crippen LogP contribution < -0.4 is 5.73 Å². The van der Waals surface area contributed by atoms with E-state index in [0.717, 1.165) is 12.8 Å². The third-order valence-corrected chi connectivity index (χ3v) is 6.54. The fourth-order valence-corrected chi connectivity index (χ4v) is 4.72. The number of rotatable bonds is 3. The zero-order chi connectivity index (χ0) is 14.9. The van der Waals surface area contributed by atoms with Crippen molar-refractivity contribution < 1.29 is 8.42 Å². The number of halogens is 2. The Labute approximate surface area is 129 Å². The SMILES string of the molecule is C[C@@H](N)[C@H]1CCCN(S(=O)(=O)c2cccc(Cl)c2Cl)C1. The lowest BCUT2D eigenvalue weighted by Crippen LogP contribution is -2.45. The van der Waals surface area contributed by atoms with Gasteiger partial charge in [0, 0.05) is 19.1 Å². The number of piperidine rings is 1. The number of hydrogen-bond acceptors (Lipinski definition) is 3. The first-order chi connectivity index (χ1) is 9.34. The number of hydrogen-bond donors (Lipinski definition) is 1. The van der Waals surface area contributed by atoms with Crippen molar-refractivity contribution in [2.45, 2.75) is 30.7 Å². The van der Waals surface area contributed by atoms with E-state index in [4.69, 9.17) is 28.9 Å². The van der Waals surface area contributed by atoms with Gasteiger partial charge in [-0.1, -0.05) is 29.3 Å². The van der Waals surface area contributed by atoms with Gasteiger partial charge in [0.1, 0.15) is 4.90 Å². The summed E-state index contributed by atoms with van der Waals surface area (Å²) in [5, 5.41) is 0.325. The van der Waals surface area contributed by atoms with Gasteiger partial charge in [0.2, 0.25) is 10.0 Å². The fourth-order valence-electron chi connectivity index (χ4n) is 2.44. The van der Waals surface area contributed by atoms with Crippen LogP contribution in [-0.2, 0) is 10.0 Å². The predicted octanol–water partition coefficient (Wildman–Crippen LogP) is 2.74. The van der Waals surface area contributed by atoms with Crippen LogP contribution in [0, 0.1) is 5.92 Å². The molecule has 1 fully saturated rings. The normalized spacial score (nSPS) is 22.7. The molecule has 112 valence electrons. The van der Waals surface area contributed by atoms with Crippen LogP contribution in [0.2, 0.25) is 10.0 Å². The van der Waals surface area contributed by atoms with Crippen LogP contribution in [0.5, 0.6) is 0 Å². The van der Waals surface area contributed by atoms with Crippen molar-refractivity contribution in [3.05, 3.63) is 28.2 Å². The zero-order valence-electron chi connectivity index (χ0n) is 11.2. The maximum absolute atomic E-state index is 12.7. The first-order valence-corrected chi connectivity index (χ1v) is 8.73. The summed E-state index contributed by atoms with van der Waals surface area (Å²) < 4.78 is 26.8. The summed E-state index contributed by atoms with van der Waals surface area (Å²) in [7, 11) is -3.62. The van der Waals surface area contributed by atoms with Crippen LogP contribution in [0.15, 0.2) is 23.1 Å². The van der Waals surface area contributed by atoms with Gasteiger partial charge in [0.15, 0.2) is 0 Å². The summed E-state index contributed by atoms with van der Waals surface area (Å²) >= 11 is 11.9. The van der Waals surface area contributed by atoms with E-state index in [-0.39, 0.29) is 26.9 Å². The number of nitrogens with two attached hydrogens (primary N) is 1. The van der Waals surface area contributed by atoms with Gasteiger partial charge < -0.3 is 5.73 Å². The monoisotopic (exact) mass is 336 g/mol. The molecular weight excluding hydrogens is 319 g/mol. The molecule has 0 aliphatic carbocycles. The highest BCUT2D eigenvalue weighted by atomic mass is 35.5. The quantitative estimate of drug-likeness (QED) is 0.922. The molecule has 2 atom stereocenters. The molecule has 4 nitrogen and oxygen atoms in total. The first-order valence-electron chi connectivity index (χ1n) is 6.53. The van der Waals surface area contributed by atoms with Gasteiger partial charge in [-0.25, -0.2) is 8.42 Å². The van der Waals surface area contributed by atoms with Crippen molar-refractivity contribution in [1.82, 2.24) is 4.31 Å². The summed E-state index contributed by atoms with van der Waals surface area (Å²) in [5.74, 6) is 0.177. The average molecular weight is 337 g/mol. The standard InChI is InChI=1S/C13H18Cl2N2O2S/c1-9(16)10-4-3-7-17(8-10)20(18,19)12-6-2-5-11(14)13(12)15/h2,5-6,9-10H,3-4,7-8,16H2,1H3/t9-,10+/m1/s1. The average Bonchev–Trinajstić information content (AvgIpc) is 2.41.